The number of ether oxygens (including phenoxy) is 1. The average Bonchev–Trinajstić information content (AvgIpc) is 3.38. The Morgan fingerprint density at radius 1 is 0.829 bits per heavy atom. The minimum absolute atomic E-state index is 0.0183. The third-order valence-electron chi connectivity index (χ3n) is 5.55. The van der Waals surface area contributed by atoms with E-state index in [1.54, 1.807) is 6.26 Å². The molecule has 0 saturated carbocycles. The van der Waals surface area contributed by atoms with E-state index in [0.29, 0.717) is 0 Å². The fourth-order valence-corrected chi connectivity index (χ4v) is 5.22. The Bertz CT molecular complexity index is 777. The Hall–Kier alpha value is -2.52. The molecule has 2 fully saturated rings. The Labute approximate surface area is 210 Å². The minimum atomic E-state index is -1.20. The third kappa shape index (κ3) is 8.28. The van der Waals surface area contributed by atoms with Crippen molar-refractivity contribution in [2.24, 2.45) is 0 Å². The van der Waals surface area contributed by atoms with Crippen molar-refractivity contribution >= 4 is 59.1 Å². The summed E-state index contributed by atoms with van der Waals surface area (Å²) in [5.74, 6) is -4.16. The molecule has 4 N–H and O–H groups in total. The molecule has 2 rings (SSSR count). The summed E-state index contributed by atoms with van der Waals surface area (Å²) in [6, 6.07) is -3.19. The van der Waals surface area contributed by atoms with Crippen molar-refractivity contribution in [1.29, 1.82) is 0 Å². The highest BCUT2D eigenvalue weighted by Crippen LogP contribution is 2.22. The van der Waals surface area contributed by atoms with Crippen molar-refractivity contribution in [3.8, 4) is 0 Å². The van der Waals surface area contributed by atoms with Gasteiger partial charge in [0.05, 0.1) is 17.3 Å². The molecule has 0 aromatic heterocycles. The van der Waals surface area contributed by atoms with Crippen molar-refractivity contribution in [1.82, 2.24) is 20.4 Å². The van der Waals surface area contributed by atoms with Crippen molar-refractivity contribution in [2.75, 3.05) is 50.3 Å². The highest BCUT2D eigenvalue weighted by Gasteiger charge is 2.41. The lowest BCUT2D eigenvalue weighted by atomic mass is 10.1. The van der Waals surface area contributed by atoms with Crippen molar-refractivity contribution < 1.29 is 43.7 Å². The van der Waals surface area contributed by atoms with Gasteiger partial charge in [-0.05, 0) is 6.26 Å². The van der Waals surface area contributed by atoms with Crippen LogP contribution in [-0.4, -0.2) is 130 Å². The van der Waals surface area contributed by atoms with E-state index in [1.165, 1.54) is 23.8 Å². The number of rotatable bonds is 12. The Balaban J connectivity index is 1.89. The Morgan fingerprint density at radius 2 is 1.29 bits per heavy atom. The maximum Gasteiger partial charge on any atom is 0.326 e. The van der Waals surface area contributed by atoms with Crippen LogP contribution in [0.3, 0.4) is 0 Å². The first kappa shape index (κ1) is 28.7. The number of nitrogens with zero attached hydrogens (tertiary/aromatic N) is 2. The lowest BCUT2D eigenvalue weighted by molar-refractivity contribution is -0.147. The zero-order chi connectivity index (χ0) is 26.1. The molecule has 4 amide bonds. The smallest absolute Gasteiger partial charge is 0.326 e. The monoisotopic (exact) mass is 534 g/mol. The summed E-state index contributed by atoms with van der Waals surface area (Å²) in [6.07, 6.45) is 1.91. The van der Waals surface area contributed by atoms with Gasteiger partial charge in [0, 0.05) is 45.1 Å². The molecule has 4 atom stereocenters. The van der Waals surface area contributed by atoms with Crippen LogP contribution in [0, 0.1) is 0 Å². The number of hydrogen-bond donors (Lipinski definition) is 4. The average molecular weight is 535 g/mol. The summed E-state index contributed by atoms with van der Waals surface area (Å²) < 4.78 is 4.73. The van der Waals surface area contributed by atoms with Crippen LogP contribution in [0.25, 0.3) is 0 Å². The summed E-state index contributed by atoms with van der Waals surface area (Å²) in [4.78, 5) is 74.4. The van der Waals surface area contributed by atoms with E-state index in [0.717, 1.165) is 16.7 Å². The van der Waals surface area contributed by atoms with Gasteiger partial charge >= 0.3 is 11.9 Å². The number of aliphatic carboxylic acids is 2. The number of carboxylic acid groups (broad SMARTS) is 2. The molecule has 0 bridgehead atoms. The van der Waals surface area contributed by atoms with Crippen molar-refractivity contribution in [3.63, 3.8) is 0 Å². The largest absolute Gasteiger partial charge is 0.480 e. The van der Waals surface area contributed by atoms with Crippen LogP contribution in [0.4, 0.5) is 0 Å². The number of methoxy groups -OCH3 is 1. The highest BCUT2D eigenvalue weighted by molar-refractivity contribution is 8.00. The molecule has 0 aliphatic carbocycles. The lowest BCUT2D eigenvalue weighted by Crippen LogP contribution is -2.44. The second-order valence-corrected chi connectivity index (χ2v) is 10.0. The fourth-order valence-electron chi connectivity index (χ4n) is 4.09. The minimum Gasteiger partial charge on any atom is -0.480 e. The molecule has 2 aliphatic rings. The summed E-state index contributed by atoms with van der Waals surface area (Å²) in [5, 5.41) is 24.3. The molecular weight excluding hydrogens is 504 g/mol. The standard InChI is InChI=1S/C20H30N4O9S2/c1-33-7-15(25)21-11-3-13(19(29)30)23(5-11)17(27)9-35-10-18(28)24-6-12(4-14(24)20(31)32)22-16(26)8-34-2/h11-14H,3-10H2,1-2H3,(H,21,25)(H,22,26)(H,29,30)(H,31,32). The molecule has 35 heavy (non-hydrogen) atoms. The summed E-state index contributed by atoms with van der Waals surface area (Å²) >= 11 is 2.28. The van der Waals surface area contributed by atoms with Crippen LogP contribution >= 0.6 is 23.5 Å². The van der Waals surface area contributed by atoms with E-state index in [1.807, 2.05) is 0 Å². The van der Waals surface area contributed by atoms with Crippen LogP contribution < -0.4 is 10.6 Å². The fraction of sp³-hybridized carbons (Fsp3) is 0.700. The third-order valence-corrected chi connectivity index (χ3v) is 7.00. The number of likely N-dealkylation sites (tertiary alicyclic amines) is 2. The Kier molecular flexibility index (Phi) is 11.1. The predicted molar refractivity (Wildman–Crippen MR) is 127 cm³/mol. The van der Waals surface area contributed by atoms with Gasteiger partial charge in [-0.2, -0.15) is 11.8 Å². The molecule has 2 saturated heterocycles. The number of hydrogen-bond acceptors (Lipinski definition) is 9. The summed E-state index contributed by atoms with van der Waals surface area (Å²) in [7, 11) is 1.35. The summed E-state index contributed by atoms with van der Waals surface area (Å²) in [6.45, 7) is -0.110. The molecule has 2 aliphatic heterocycles. The maximum absolute atomic E-state index is 12.7. The maximum atomic E-state index is 12.7. The number of carbonyl (C=O) groups excluding carboxylic acids is 4. The molecule has 15 heteroatoms. The van der Waals surface area contributed by atoms with E-state index in [4.69, 9.17) is 4.74 Å². The van der Waals surface area contributed by atoms with Crippen LogP contribution in [0.1, 0.15) is 12.8 Å². The zero-order valence-electron chi connectivity index (χ0n) is 19.4. The van der Waals surface area contributed by atoms with Gasteiger partial charge < -0.3 is 35.4 Å². The molecular formula is C20H30N4O9S2. The molecule has 2 heterocycles. The van der Waals surface area contributed by atoms with E-state index < -0.39 is 53.8 Å². The second kappa shape index (κ2) is 13.5. The number of amides is 4. The molecule has 0 radical (unpaired) electrons. The first-order valence-corrected chi connectivity index (χ1v) is 13.3. The first-order valence-electron chi connectivity index (χ1n) is 10.8. The summed E-state index contributed by atoms with van der Waals surface area (Å²) in [5.41, 5.74) is 0. The van der Waals surface area contributed by atoms with E-state index in [9.17, 15) is 39.0 Å². The topological polar surface area (TPSA) is 183 Å². The normalized spacial score (nSPS) is 23.7. The van der Waals surface area contributed by atoms with E-state index in [2.05, 4.69) is 10.6 Å². The number of carboxylic acids is 2. The van der Waals surface area contributed by atoms with Crippen LogP contribution in [0.2, 0.25) is 0 Å². The Morgan fingerprint density at radius 3 is 1.69 bits per heavy atom. The van der Waals surface area contributed by atoms with Gasteiger partial charge in [-0.25, -0.2) is 9.59 Å². The van der Waals surface area contributed by atoms with Gasteiger partial charge in [-0.1, -0.05) is 0 Å². The highest BCUT2D eigenvalue weighted by atomic mass is 32.2. The number of carbonyl (C=O) groups is 6. The van der Waals surface area contributed by atoms with Crippen molar-refractivity contribution in [3.05, 3.63) is 0 Å². The van der Waals surface area contributed by atoms with Gasteiger partial charge in [0.15, 0.2) is 0 Å². The zero-order valence-corrected chi connectivity index (χ0v) is 21.1. The number of nitrogens with one attached hydrogen (secondary N) is 2. The SMILES string of the molecule is COCC(=O)NC1CC(C(=O)O)N(C(=O)CSCC(=O)N2CC(NC(=O)CSC)CC2C(=O)O)C1. The van der Waals surface area contributed by atoms with Crippen LogP contribution in [0.5, 0.6) is 0 Å². The quantitative estimate of drug-likeness (QED) is 0.219. The molecule has 0 spiro atoms. The van der Waals surface area contributed by atoms with Gasteiger partial charge in [-0.15, -0.1) is 11.8 Å². The molecule has 0 aromatic rings. The molecule has 0 aromatic carbocycles. The van der Waals surface area contributed by atoms with Crippen LogP contribution in [0.15, 0.2) is 0 Å². The second-order valence-electron chi connectivity index (χ2n) is 8.16. The van der Waals surface area contributed by atoms with Gasteiger partial charge in [0.25, 0.3) is 0 Å². The lowest BCUT2D eigenvalue weighted by Gasteiger charge is -2.23. The predicted octanol–water partition coefficient (Wildman–Crippen LogP) is -1.93. The van der Waals surface area contributed by atoms with Gasteiger partial charge in [0.1, 0.15) is 18.7 Å². The van der Waals surface area contributed by atoms with Crippen LogP contribution in [-0.2, 0) is 33.5 Å². The van der Waals surface area contributed by atoms with E-state index in [-0.39, 0.29) is 55.7 Å². The van der Waals surface area contributed by atoms with E-state index >= 15 is 0 Å². The number of thioether (sulfide) groups is 2. The molecule has 196 valence electrons. The van der Waals surface area contributed by atoms with Crippen molar-refractivity contribution in [2.45, 2.75) is 37.0 Å². The molecule has 4 unspecified atom stereocenters. The first-order chi connectivity index (χ1) is 16.6. The van der Waals surface area contributed by atoms with Gasteiger partial charge in [0.2, 0.25) is 23.6 Å². The molecule has 13 nitrogen and oxygen atoms in total. The van der Waals surface area contributed by atoms with Gasteiger partial charge in [-0.3, -0.25) is 19.2 Å².